The van der Waals surface area contributed by atoms with Crippen molar-refractivity contribution in [2.75, 3.05) is 6.54 Å². The summed E-state index contributed by atoms with van der Waals surface area (Å²) in [6.45, 7) is 3.28. The lowest BCUT2D eigenvalue weighted by Crippen LogP contribution is -2.34. The van der Waals surface area contributed by atoms with E-state index in [1.165, 1.54) is 37.9 Å². The van der Waals surface area contributed by atoms with E-state index in [1.54, 1.807) is 0 Å². The number of aromatic nitrogens is 2. The zero-order valence-corrected chi connectivity index (χ0v) is 12.3. The standard InChI is InChI=1S/C16H27N3/c1-3-17-15(11-16-18-6-7-19(16)2)10-14-9-12-4-5-13(14)8-12/h6-7,12-15,17H,3-5,8-11H2,1-2H3. The number of nitrogens with one attached hydrogen (secondary N) is 1. The maximum absolute atomic E-state index is 4.48. The fourth-order valence-corrected chi connectivity index (χ4v) is 4.37. The van der Waals surface area contributed by atoms with E-state index in [1.807, 2.05) is 6.20 Å². The molecule has 2 fully saturated rings. The third-order valence-electron chi connectivity index (χ3n) is 5.31. The van der Waals surface area contributed by atoms with Crippen LogP contribution in [0.3, 0.4) is 0 Å². The van der Waals surface area contributed by atoms with Crippen LogP contribution in [0.5, 0.6) is 0 Å². The van der Waals surface area contributed by atoms with Gasteiger partial charge >= 0.3 is 0 Å². The molecule has 2 saturated carbocycles. The van der Waals surface area contributed by atoms with Crippen LogP contribution in [-0.2, 0) is 13.5 Å². The Kier molecular flexibility index (Phi) is 3.92. The molecule has 3 nitrogen and oxygen atoms in total. The number of fused-ring (bicyclic) bond motifs is 2. The van der Waals surface area contributed by atoms with Crippen molar-refractivity contribution in [2.24, 2.45) is 24.8 Å². The molecule has 0 saturated heterocycles. The van der Waals surface area contributed by atoms with Gasteiger partial charge in [-0.2, -0.15) is 0 Å². The van der Waals surface area contributed by atoms with Crippen molar-refractivity contribution >= 4 is 0 Å². The van der Waals surface area contributed by atoms with Crippen LogP contribution < -0.4 is 5.32 Å². The van der Waals surface area contributed by atoms with Crippen molar-refractivity contribution in [3.05, 3.63) is 18.2 Å². The summed E-state index contributed by atoms with van der Waals surface area (Å²) in [6.07, 6.45) is 12.4. The zero-order chi connectivity index (χ0) is 13.2. The number of rotatable bonds is 6. The fourth-order valence-electron chi connectivity index (χ4n) is 4.37. The minimum absolute atomic E-state index is 0.607. The highest BCUT2D eigenvalue weighted by Crippen LogP contribution is 2.49. The molecule has 1 N–H and O–H groups in total. The molecule has 1 aromatic heterocycles. The monoisotopic (exact) mass is 261 g/mol. The number of hydrogen-bond acceptors (Lipinski definition) is 2. The van der Waals surface area contributed by atoms with E-state index < -0.39 is 0 Å². The van der Waals surface area contributed by atoms with Crippen molar-refractivity contribution < 1.29 is 0 Å². The van der Waals surface area contributed by atoms with Gasteiger partial charge < -0.3 is 9.88 Å². The van der Waals surface area contributed by atoms with Crippen molar-refractivity contribution in [3.8, 4) is 0 Å². The zero-order valence-electron chi connectivity index (χ0n) is 12.3. The van der Waals surface area contributed by atoms with Gasteiger partial charge in [-0.1, -0.05) is 13.3 Å². The SMILES string of the molecule is CCNC(Cc1nccn1C)CC1CC2CCC1C2. The van der Waals surface area contributed by atoms with Crippen LogP contribution in [0.25, 0.3) is 0 Å². The van der Waals surface area contributed by atoms with E-state index in [-0.39, 0.29) is 0 Å². The van der Waals surface area contributed by atoms with E-state index in [0.717, 1.165) is 30.7 Å². The average Bonchev–Trinajstić information content (AvgIpc) is 3.08. The molecule has 2 bridgehead atoms. The molecule has 19 heavy (non-hydrogen) atoms. The molecule has 1 aromatic rings. The van der Waals surface area contributed by atoms with Gasteiger partial charge in [-0.3, -0.25) is 0 Å². The van der Waals surface area contributed by atoms with E-state index in [4.69, 9.17) is 0 Å². The predicted molar refractivity (Wildman–Crippen MR) is 77.9 cm³/mol. The van der Waals surface area contributed by atoms with Gasteiger partial charge in [-0.15, -0.1) is 0 Å². The Morgan fingerprint density at radius 1 is 1.42 bits per heavy atom. The van der Waals surface area contributed by atoms with Gasteiger partial charge in [-0.25, -0.2) is 4.98 Å². The molecule has 0 aliphatic heterocycles. The average molecular weight is 261 g/mol. The topological polar surface area (TPSA) is 29.9 Å². The second kappa shape index (κ2) is 5.66. The highest BCUT2D eigenvalue weighted by Gasteiger charge is 2.40. The Morgan fingerprint density at radius 2 is 2.32 bits per heavy atom. The highest BCUT2D eigenvalue weighted by atomic mass is 15.0. The molecule has 0 amide bonds. The van der Waals surface area contributed by atoms with Gasteiger partial charge in [0.2, 0.25) is 0 Å². The van der Waals surface area contributed by atoms with Crippen LogP contribution >= 0.6 is 0 Å². The number of aryl methyl sites for hydroxylation is 1. The van der Waals surface area contributed by atoms with E-state index in [9.17, 15) is 0 Å². The fraction of sp³-hybridized carbons (Fsp3) is 0.812. The second-order valence-electron chi connectivity index (χ2n) is 6.58. The summed E-state index contributed by atoms with van der Waals surface area (Å²) in [5, 5.41) is 3.68. The van der Waals surface area contributed by atoms with Gasteiger partial charge in [-0.05, 0) is 50.0 Å². The maximum atomic E-state index is 4.48. The van der Waals surface area contributed by atoms with Crippen LogP contribution in [0.4, 0.5) is 0 Å². The second-order valence-corrected chi connectivity index (χ2v) is 6.58. The quantitative estimate of drug-likeness (QED) is 0.853. The lowest BCUT2D eigenvalue weighted by molar-refractivity contribution is 0.276. The van der Waals surface area contributed by atoms with Gasteiger partial charge in [0.1, 0.15) is 5.82 Å². The molecule has 4 atom stereocenters. The van der Waals surface area contributed by atoms with Crippen LogP contribution in [0.15, 0.2) is 12.4 Å². The first kappa shape index (κ1) is 13.2. The summed E-state index contributed by atoms with van der Waals surface area (Å²) < 4.78 is 2.16. The van der Waals surface area contributed by atoms with Crippen LogP contribution in [-0.4, -0.2) is 22.1 Å². The van der Waals surface area contributed by atoms with Crippen molar-refractivity contribution in [1.29, 1.82) is 0 Å². The molecule has 4 unspecified atom stereocenters. The summed E-state index contributed by atoms with van der Waals surface area (Å²) in [5.41, 5.74) is 0. The normalized spacial score (nSPS) is 30.9. The third kappa shape index (κ3) is 2.86. The molecule has 106 valence electrons. The number of hydrogen-bond donors (Lipinski definition) is 1. The molecule has 1 heterocycles. The highest BCUT2D eigenvalue weighted by molar-refractivity contribution is 4.97. The van der Waals surface area contributed by atoms with Crippen LogP contribution in [0.1, 0.15) is 44.9 Å². The summed E-state index contributed by atoms with van der Waals surface area (Å²) in [6, 6.07) is 0.607. The largest absolute Gasteiger partial charge is 0.338 e. The van der Waals surface area contributed by atoms with Gasteiger partial charge in [0, 0.05) is 31.9 Å². The maximum Gasteiger partial charge on any atom is 0.109 e. The molecule has 0 aromatic carbocycles. The first-order valence-electron chi connectivity index (χ1n) is 7.95. The van der Waals surface area contributed by atoms with Crippen molar-refractivity contribution in [2.45, 2.75) is 51.5 Å². The van der Waals surface area contributed by atoms with Crippen LogP contribution in [0.2, 0.25) is 0 Å². The Bertz CT molecular complexity index is 412. The van der Waals surface area contributed by atoms with E-state index >= 15 is 0 Å². The van der Waals surface area contributed by atoms with Gasteiger partial charge in [0.05, 0.1) is 0 Å². The first-order valence-corrected chi connectivity index (χ1v) is 7.95. The lowest BCUT2D eigenvalue weighted by Gasteiger charge is -2.27. The number of nitrogens with zero attached hydrogens (tertiary/aromatic N) is 2. The third-order valence-corrected chi connectivity index (χ3v) is 5.31. The van der Waals surface area contributed by atoms with Crippen molar-refractivity contribution in [3.63, 3.8) is 0 Å². The first-order chi connectivity index (χ1) is 9.26. The molecule has 2 aliphatic rings. The number of likely N-dealkylation sites (N-methyl/N-ethyl adjacent to an activating group) is 1. The Hall–Kier alpha value is -0.830. The van der Waals surface area contributed by atoms with E-state index in [0.29, 0.717) is 6.04 Å². The smallest absolute Gasteiger partial charge is 0.109 e. The predicted octanol–water partition coefficient (Wildman–Crippen LogP) is 2.77. The molecule has 3 rings (SSSR count). The molecule has 3 heteroatoms. The minimum atomic E-state index is 0.607. The summed E-state index contributed by atoms with van der Waals surface area (Å²) >= 11 is 0. The van der Waals surface area contributed by atoms with E-state index in [2.05, 4.69) is 35.0 Å². The number of imidazole rings is 1. The minimum Gasteiger partial charge on any atom is -0.338 e. The molecule has 0 spiro atoms. The Labute approximate surface area is 116 Å². The Balaban J connectivity index is 1.59. The summed E-state index contributed by atoms with van der Waals surface area (Å²) in [4.78, 5) is 4.48. The van der Waals surface area contributed by atoms with Gasteiger partial charge in [0.25, 0.3) is 0 Å². The summed E-state index contributed by atoms with van der Waals surface area (Å²) in [5.74, 6) is 4.29. The van der Waals surface area contributed by atoms with Crippen molar-refractivity contribution in [1.82, 2.24) is 14.9 Å². The molecular weight excluding hydrogens is 234 g/mol. The molecule has 0 radical (unpaired) electrons. The van der Waals surface area contributed by atoms with Gasteiger partial charge in [0.15, 0.2) is 0 Å². The Morgan fingerprint density at radius 3 is 2.89 bits per heavy atom. The lowest BCUT2D eigenvalue weighted by atomic mass is 9.83. The summed E-state index contributed by atoms with van der Waals surface area (Å²) in [7, 11) is 2.10. The molecular formula is C16H27N3. The van der Waals surface area contributed by atoms with Crippen LogP contribution in [0, 0.1) is 17.8 Å². The molecule has 2 aliphatic carbocycles.